The SMILES string of the molecule is C=CC(=O)OCCCC1=CC2CCC1(C(N)=O)C2. The van der Waals surface area contributed by atoms with E-state index in [1.807, 2.05) is 0 Å². The van der Waals surface area contributed by atoms with E-state index in [0.29, 0.717) is 12.5 Å². The maximum absolute atomic E-state index is 11.7. The fraction of sp³-hybridized carbons (Fsp3) is 0.571. The Labute approximate surface area is 107 Å². The zero-order valence-corrected chi connectivity index (χ0v) is 10.5. The smallest absolute Gasteiger partial charge is 0.330 e. The average Bonchev–Trinajstić information content (AvgIpc) is 2.93. The first-order valence-electron chi connectivity index (χ1n) is 6.39. The zero-order chi connectivity index (χ0) is 13.2. The van der Waals surface area contributed by atoms with Crippen LogP contribution in [0.15, 0.2) is 24.3 Å². The lowest BCUT2D eigenvalue weighted by molar-refractivity contribution is -0.137. The maximum Gasteiger partial charge on any atom is 0.330 e. The molecule has 2 aliphatic carbocycles. The van der Waals surface area contributed by atoms with Crippen molar-refractivity contribution in [2.24, 2.45) is 17.1 Å². The lowest BCUT2D eigenvalue weighted by atomic mass is 9.78. The van der Waals surface area contributed by atoms with Crippen molar-refractivity contribution in [3.63, 3.8) is 0 Å². The van der Waals surface area contributed by atoms with Crippen molar-refractivity contribution in [2.45, 2.75) is 32.1 Å². The molecule has 0 aromatic rings. The Hall–Kier alpha value is -1.58. The van der Waals surface area contributed by atoms with E-state index < -0.39 is 11.4 Å². The van der Waals surface area contributed by atoms with Gasteiger partial charge in [0.25, 0.3) is 0 Å². The quantitative estimate of drug-likeness (QED) is 0.337. The molecule has 18 heavy (non-hydrogen) atoms. The highest BCUT2D eigenvalue weighted by Crippen LogP contribution is 2.54. The number of rotatable bonds is 6. The fourth-order valence-corrected chi connectivity index (χ4v) is 3.16. The normalized spacial score (nSPS) is 28.9. The van der Waals surface area contributed by atoms with Gasteiger partial charge in [-0.1, -0.05) is 18.2 Å². The van der Waals surface area contributed by atoms with Crippen LogP contribution in [-0.2, 0) is 14.3 Å². The molecule has 0 radical (unpaired) electrons. The van der Waals surface area contributed by atoms with Crippen molar-refractivity contribution >= 4 is 11.9 Å². The second-order valence-electron chi connectivity index (χ2n) is 5.12. The highest BCUT2D eigenvalue weighted by Gasteiger charge is 2.50. The summed E-state index contributed by atoms with van der Waals surface area (Å²) in [6.07, 6.45) is 7.69. The Kier molecular flexibility index (Phi) is 3.55. The summed E-state index contributed by atoms with van der Waals surface area (Å²) < 4.78 is 4.92. The Balaban J connectivity index is 1.86. The highest BCUT2D eigenvalue weighted by atomic mass is 16.5. The first-order valence-corrected chi connectivity index (χ1v) is 6.39. The topological polar surface area (TPSA) is 69.4 Å². The molecule has 0 spiro atoms. The van der Waals surface area contributed by atoms with Crippen molar-refractivity contribution < 1.29 is 14.3 Å². The summed E-state index contributed by atoms with van der Waals surface area (Å²) in [5, 5.41) is 0. The first kappa shape index (κ1) is 12.9. The number of amides is 1. The van der Waals surface area contributed by atoms with Crippen molar-refractivity contribution in [1.29, 1.82) is 0 Å². The monoisotopic (exact) mass is 249 g/mol. The molecule has 2 unspecified atom stereocenters. The van der Waals surface area contributed by atoms with E-state index in [4.69, 9.17) is 10.5 Å². The number of ether oxygens (including phenoxy) is 1. The van der Waals surface area contributed by atoms with Gasteiger partial charge in [0.05, 0.1) is 12.0 Å². The molecule has 4 nitrogen and oxygen atoms in total. The Morgan fingerprint density at radius 1 is 1.61 bits per heavy atom. The van der Waals surface area contributed by atoms with E-state index in [2.05, 4.69) is 12.7 Å². The van der Waals surface area contributed by atoms with E-state index in [9.17, 15) is 9.59 Å². The van der Waals surface area contributed by atoms with Crippen LogP contribution in [0.2, 0.25) is 0 Å². The van der Waals surface area contributed by atoms with Gasteiger partial charge in [0.15, 0.2) is 0 Å². The van der Waals surface area contributed by atoms with Crippen molar-refractivity contribution in [2.75, 3.05) is 6.61 Å². The van der Waals surface area contributed by atoms with Crippen LogP contribution in [0.4, 0.5) is 0 Å². The number of primary amides is 1. The molecule has 2 aliphatic rings. The second kappa shape index (κ2) is 4.96. The summed E-state index contributed by atoms with van der Waals surface area (Å²) in [5.74, 6) is -0.0819. The minimum atomic E-state index is -0.401. The van der Waals surface area contributed by atoms with E-state index in [0.717, 1.165) is 43.8 Å². The Bertz CT molecular complexity index is 413. The zero-order valence-electron chi connectivity index (χ0n) is 10.5. The van der Waals surface area contributed by atoms with E-state index in [1.54, 1.807) is 0 Å². The third-order valence-electron chi connectivity index (χ3n) is 4.08. The number of fused-ring (bicyclic) bond motifs is 2. The molecule has 0 aliphatic heterocycles. The molecule has 1 fully saturated rings. The third kappa shape index (κ3) is 2.19. The number of esters is 1. The number of nitrogens with two attached hydrogens (primary N) is 1. The summed E-state index contributed by atoms with van der Waals surface area (Å²) in [6, 6.07) is 0. The molecule has 0 heterocycles. The summed E-state index contributed by atoms with van der Waals surface area (Å²) in [7, 11) is 0. The van der Waals surface area contributed by atoms with E-state index in [-0.39, 0.29) is 5.91 Å². The van der Waals surface area contributed by atoms with Crippen LogP contribution in [0.3, 0.4) is 0 Å². The number of hydrogen-bond acceptors (Lipinski definition) is 3. The average molecular weight is 249 g/mol. The van der Waals surface area contributed by atoms with Gasteiger partial charge < -0.3 is 10.5 Å². The molecule has 0 aromatic carbocycles. The molecule has 2 bridgehead atoms. The molecule has 4 heteroatoms. The molecular formula is C14H19NO3. The Morgan fingerprint density at radius 3 is 3.00 bits per heavy atom. The molecule has 2 N–H and O–H groups in total. The molecule has 1 saturated carbocycles. The molecule has 1 amide bonds. The van der Waals surface area contributed by atoms with Crippen LogP contribution in [0, 0.1) is 11.3 Å². The van der Waals surface area contributed by atoms with Crippen LogP contribution in [0.5, 0.6) is 0 Å². The molecule has 98 valence electrons. The third-order valence-corrected chi connectivity index (χ3v) is 4.08. The highest BCUT2D eigenvalue weighted by molar-refractivity contribution is 5.85. The summed E-state index contributed by atoms with van der Waals surface area (Å²) >= 11 is 0. The maximum atomic E-state index is 11.7. The fourth-order valence-electron chi connectivity index (χ4n) is 3.16. The first-order chi connectivity index (χ1) is 8.58. The molecular weight excluding hydrogens is 230 g/mol. The standard InChI is InChI=1S/C14H19NO3/c1-2-12(16)18-7-3-4-11-8-10-5-6-14(11,9-10)13(15)17/h2,8,10H,1,3-7,9H2,(H2,15,17). The Morgan fingerprint density at radius 2 is 2.39 bits per heavy atom. The van der Waals surface area contributed by atoms with Crippen LogP contribution in [0.1, 0.15) is 32.1 Å². The summed E-state index contributed by atoms with van der Waals surface area (Å²) in [6.45, 7) is 3.70. The van der Waals surface area contributed by atoms with Crippen LogP contribution < -0.4 is 5.73 Å². The molecule has 2 rings (SSSR count). The van der Waals surface area contributed by atoms with E-state index in [1.165, 1.54) is 0 Å². The van der Waals surface area contributed by atoms with Crippen molar-refractivity contribution in [1.82, 2.24) is 0 Å². The predicted octanol–water partition coefficient (Wildman–Crippen LogP) is 1.71. The van der Waals surface area contributed by atoms with Gasteiger partial charge in [-0.05, 0) is 38.0 Å². The number of carbonyl (C=O) groups is 2. The van der Waals surface area contributed by atoms with Gasteiger partial charge in [0.1, 0.15) is 0 Å². The van der Waals surface area contributed by atoms with Gasteiger partial charge in [-0.25, -0.2) is 4.79 Å². The summed E-state index contributed by atoms with van der Waals surface area (Å²) in [4.78, 5) is 22.5. The van der Waals surface area contributed by atoms with Gasteiger partial charge in [-0.3, -0.25) is 4.79 Å². The number of allylic oxidation sites excluding steroid dienone is 1. The van der Waals surface area contributed by atoms with Gasteiger partial charge in [-0.15, -0.1) is 0 Å². The predicted molar refractivity (Wildman–Crippen MR) is 67.4 cm³/mol. The second-order valence-corrected chi connectivity index (χ2v) is 5.12. The largest absolute Gasteiger partial charge is 0.463 e. The molecule has 0 saturated heterocycles. The van der Waals surface area contributed by atoms with Crippen LogP contribution in [0.25, 0.3) is 0 Å². The van der Waals surface area contributed by atoms with Crippen LogP contribution >= 0.6 is 0 Å². The van der Waals surface area contributed by atoms with Gasteiger partial charge >= 0.3 is 5.97 Å². The molecule has 2 atom stereocenters. The lowest BCUT2D eigenvalue weighted by Gasteiger charge is -2.26. The van der Waals surface area contributed by atoms with Gasteiger partial charge in [0.2, 0.25) is 5.91 Å². The number of hydrogen-bond donors (Lipinski definition) is 1. The minimum Gasteiger partial charge on any atom is -0.463 e. The van der Waals surface area contributed by atoms with Gasteiger partial charge in [0, 0.05) is 6.08 Å². The van der Waals surface area contributed by atoms with E-state index >= 15 is 0 Å². The van der Waals surface area contributed by atoms with Gasteiger partial charge in [-0.2, -0.15) is 0 Å². The number of carbonyl (C=O) groups excluding carboxylic acids is 2. The van der Waals surface area contributed by atoms with Crippen molar-refractivity contribution in [3.8, 4) is 0 Å². The molecule has 0 aromatic heterocycles. The van der Waals surface area contributed by atoms with Crippen LogP contribution in [-0.4, -0.2) is 18.5 Å². The minimum absolute atomic E-state index is 0.197. The lowest BCUT2D eigenvalue weighted by Crippen LogP contribution is -2.35. The summed E-state index contributed by atoms with van der Waals surface area (Å²) in [5.41, 5.74) is 6.31. The van der Waals surface area contributed by atoms with Crippen molar-refractivity contribution in [3.05, 3.63) is 24.3 Å².